The minimum Gasteiger partial charge on any atom is -0.475 e. The van der Waals surface area contributed by atoms with Crippen LogP contribution in [0, 0.1) is 0 Å². The highest BCUT2D eigenvalue weighted by atomic mass is 16.4. The average Bonchev–Trinajstić information content (AvgIpc) is 2.30. The van der Waals surface area contributed by atoms with Gasteiger partial charge in [-0.3, -0.25) is 0 Å². The van der Waals surface area contributed by atoms with E-state index in [2.05, 4.69) is 0 Å². The minimum absolute atomic E-state index is 0.0440. The summed E-state index contributed by atoms with van der Waals surface area (Å²) in [4.78, 5) is 10.6. The van der Waals surface area contributed by atoms with Crippen LogP contribution < -0.4 is 0 Å². The van der Waals surface area contributed by atoms with Gasteiger partial charge in [0, 0.05) is 5.56 Å². The molecule has 0 bridgehead atoms. The normalized spacial score (nSPS) is 11.6. The predicted octanol–water partition coefficient (Wildman–Crippen LogP) is 2.28. The predicted molar refractivity (Wildman–Crippen MR) is 44.4 cm³/mol. The number of hydrogen-bond donors (Lipinski definition) is 1. The molecule has 0 spiro atoms. The fourth-order valence-corrected chi connectivity index (χ4v) is 1.07. The lowest BCUT2D eigenvalue weighted by atomic mass is 9.87. The Morgan fingerprint density at radius 2 is 2.08 bits per heavy atom. The summed E-state index contributed by atoms with van der Waals surface area (Å²) in [7, 11) is 0. The first kappa shape index (κ1) is 8.84. The van der Waals surface area contributed by atoms with E-state index in [4.69, 9.17) is 9.52 Å². The number of carbonyl (C=O) groups is 1. The Balaban J connectivity index is 3.17. The van der Waals surface area contributed by atoms with Gasteiger partial charge in [0.15, 0.2) is 0 Å². The molecule has 1 heterocycles. The highest BCUT2D eigenvalue weighted by molar-refractivity contribution is 5.86. The Morgan fingerprint density at radius 1 is 1.50 bits per heavy atom. The van der Waals surface area contributed by atoms with Gasteiger partial charge >= 0.3 is 5.97 Å². The Hall–Kier alpha value is -1.25. The van der Waals surface area contributed by atoms with Crippen molar-refractivity contribution in [1.82, 2.24) is 0 Å². The second-order valence-corrected chi connectivity index (χ2v) is 3.72. The van der Waals surface area contributed by atoms with Crippen molar-refractivity contribution >= 4 is 5.97 Å². The smallest absolute Gasteiger partial charge is 0.372 e. The maximum absolute atomic E-state index is 10.6. The molecule has 3 nitrogen and oxygen atoms in total. The average molecular weight is 168 g/mol. The van der Waals surface area contributed by atoms with Crippen molar-refractivity contribution in [3.05, 3.63) is 23.7 Å². The summed E-state index contributed by atoms with van der Waals surface area (Å²) < 4.78 is 4.85. The van der Waals surface area contributed by atoms with Crippen LogP contribution in [0.4, 0.5) is 0 Å². The molecule has 0 aliphatic carbocycles. The molecule has 1 rings (SSSR count). The van der Waals surface area contributed by atoms with Crippen LogP contribution in [-0.2, 0) is 5.41 Å². The summed E-state index contributed by atoms with van der Waals surface area (Å²) in [6.45, 7) is 5.85. The van der Waals surface area contributed by atoms with E-state index in [1.54, 1.807) is 6.07 Å². The molecule has 0 atom stereocenters. The number of hydrogen-bond acceptors (Lipinski definition) is 2. The summed E-state index contributed by atoms with van der Waals surface area (Å²) in [6, 6.07) is 1.70. The van der Waals surface area contributed by atoms with Gasteiger partial charge < -0.3 is 9.52 Å². The third kappa shape index (κ3) is 1.49. The van der Waals surface area contributed by atoms with E-state index in [0.29, 0.717) is 0 Å². The molecule has 1 N–H and O–H groups in total. The van der Waals surface area contributed by atoms with Crippen LogP contribution in [0.25, 0.3) is 0 Å². The second-order valence-electron chi connectivity index (χ2n) is 3.72. The van der Waals surface area contributed by atoms with Crippen molar-refractivity contribution < 1.29 is 14.3 Å². The maximum atomic E-state index is 10.6. The molecule has 0 unspecified atom stereocenters. The first-order valence-electron chi connectivity index (χ1n) is 3.74. The largest absolute Gasteiger partial charge is 0.475 e. The van der Waals surface area contributed by atoms with Crippen molar-refractivity contribution in [3.63, 3.8) is 0 Å². The number of furan rings is 1. The Bertz CT molecular complexity index is 291. The quantitative estimate of drug-likeness (QED) is 0.699. The minimum atomic E-state index is -1.01. The lowest BCUT2D eigenvalue weighted by molar-refractivity contribution is 0.0659. The molecule has 66 valence electrons. The van der Waals surface area contributed by atoms with Crippen molar-refractivity contribution in [3.8, 4) is 0 Å². The molecule has 1 aromatic rings. The fraction of sp³-hybridized carbons (Fsp3) is 0.444. The van der Waals surface area contributed by atoms with Gasteiger partial charge in [0.05, 0.1) is 6.26 Å². The van der Waals surface area contributed by atoms with Gasteiger partial charge in [-0.2, -0.15) is 0 Å². The van der Waals surface area contributed by atoms with Gasteiger partial charge in [0.2, 0.25) is 5.76 Å². The molecule has 0 aliphatic rings. The third-order valence-corrected chi connectivity index (χ3v) is 1.67. The zero-order chi connectivity index (χ0) is 9.35. The summed E-state index contributed by atoms with van der Waals surface area (Å²) in [5.74, 6) is -0.965. The summed E-state index contributed by atoms with van der Waals surface area (Å²) in [5, 5.41) is 8.72. The zero-order valence-corrected chi connectivity index (χ0v) is 7.42. The van der Waals surface area contributed by atoms with Crippen LogP contribution in [0.2, 0.25) is 0 Å². The van der Waals surface area contributed by atoms with Crippen molar-refractivity contribution in [2.45, 2.75) is 26.2 Å². The Kier molecular flexibility index (Phi) is 1.96. The number of aromatic carboxylic acids is 1. The number of carboxylic acid groups (broad SMARTS) is 1. The van der Waals surface area contributed by atoms with Crippen LogP contribution in [0.15, 0.2) is 16.7 Å². The molecule has 12 heavy (non-hydrogen) atoms. The van der Waals surface area contributed by atoms with E-state index < -0.39 is 5.97 Å². The molecular formula is C9H12O3. The van der Waals surface area contributed by atoms with Crippen LogP contribution >= 0.6 is 0 Å². The van der Waals surface area contributed by atoms with Gasteiger partial charge in [-0.25, -0.2) is 4.79 Å². The van der Waals surface area contributed by atoms with Gasteiger partial charge in [-0.1, -0.05) is 20.8 Å². The van der Waals surface area contributed by atoms with Crippen LogP contribution in [-0.4, -0.2) is 11.1 Å². The molecule has 0 fully saturated rings. The first-order valence-corrected chi connectivity index (χ1v) is 3.74. The van der Waals surface area contributed by atoms with E-state index in [-0.39, 0.29) is 11.2 Å². The van der Waals surface area contributed by atoms with Crippen molar-refractivity contribution in [1.29, 1.82) is 0 Å². The van der Waals surface area contributed by atoms with Gasteiger partial charge in [-0.05, 0) is 11.5 Å². The van der Waals surface area contributed by atoms with Crippen LogP contribution in [0.3, 0.4) is 0 Å². The molecule has 0 aliphatic heterocycles. The fourth-order valence-electron chi connectivity index (χ4n) is 1.07. The van der Waals surface area contributed by atoms with Crippen LogP contribution in [0.5, 0.6) is 0 Å². The van der Waals surface area contributed by atoms with Gasteiger partial charge in [0.25, 0.3) is 0 Å². The number of rotatable bonds is 1. The molecular weight excluding hydrogens is 156 g/mol. The lowest BCUT2D eigenvalue weighted by Crippen LogP contribution is -2.14. The molecule has 0 saturated carbocycles. The third-order valence-electron chi connectivity index (χ3n) is 1.67. The summed E-state index contributed by atoms with van der Waals surface area (Å²) >= 11 is 0. The molecule has 0 amide bonds. The molecule has 1 aromatic heterocycles. The standard InChI is InChI=1S/C9H12O3/c1-9(2,3)6-4-5-12-7(6)8(10)11/h4-5H,1-3H3,(H,10,11). The zero-order valence-electron chi connectivity index (χ0n) is 7.42. The van der Waals surface area contributed by atoms with E-state index in [0.717, 1.165) is 5.56 Å². The van der Waals surface area contributed by atoms with Gasteiger partial charge in [-0.15, -0.1) is 0 Å². The summed E-state index contributed by atoms with van der Waals surface area (Å²) in [5.41, 5.74) is 0.552. The van der Waals surface area contributed by atoms with E-state index in [1.807, 2.05) is 20.8 Å². The van der Waals surface area contributed by atoms with Crippen molar-refractivity contribution in [2.75, 3.05) is 0 Å². The highest BCUT2D eigenvalue weighted by Crippen LogP contribution is 2.26. The van der Waals surface area contributed by atoms with E-state index >= 15 is 0 Å². The maximum Gasteiger partial charge on any atom is 0.372 e. The number of carboxylic acids is 1. The molecule has 0 saturated heterocycles. The first-order chi connectivity index (χ1) is 5.43. The lowest BCUT2D eigenvalue weighted by Gasteiger charge is -2.16. The molecule has 0 aromatic carbocycles. The van der Waals surface area contributed by atoms with Crippen LogP contribution in [0.1, 0.15) is 36.9 Å². The second kappa shape index (κ2) is 2.66. The topological polar surface area (TPSA) is 50.4 Å². The molecule has 3 heteroatoms. The Morgan fingerprint density at radius 3 is 2.42 bits per heavy atom. The highest BCUT2D eigenvalue weighted by Gasteiger charge is 2.23. The van der Waals surface area contributed by atoms with E-state index in [1.165, 1.54) is 6.26 Å². The summed E-state index contributed by atoms with van der Waals surface area (Å²) in [6.07, 6.45) is 1.41. The Labute approximate surface area is 71.0 Å². The van der Waals surface area contributed by atoms with Crippen molar-refractivity contribution in [2.24, 2.45) is 0 Å². The molecule has 0 radical (unpaired) electrons. The SMILES string of the molecule is CC(C)(C)c1ccoc1C(=O)O. The van der Waals surface area contributed by atoms with E-state index in [9.17, 15) is 4.79 Å². The monoisotopic (exact) mass is 168 g/mol. The van der Waals surface area contributed by atoms with Gasteiger partial charge in [0.1, 0.15) is 0 Å².